The molecule has 0 aromatic heterocycles. The first-order chi connectivity index (χ1) is 22.5. The summed E-state index contributed by atoms with van der Waals surface area (Å²) in [5, 5.41) is 5.50. The lowest BCUT2D eigenvalue weighted by Gasteiger charge is -2.41. The monoisotopic (exact) mass is 685 g/mol. The lowest BCUT2D eigenvalue weighted by molar-refractivity contribution is -0.139. The molecule has 4 rings (SSSR count). The van der Waals surface area contributed by atoms with E-state index in [-0.39, 0.29) is 12.5 Å². The highest BCUT2D eigenvalue weighted by molar-refractivity contribution is 7.91. The Balaban J connectivity index is 1.49. The Bertz CT molecular complexity index is 1600. The van der Waals surface area contributed by atoms with Gasteiger partial charge in [0.2, 0.25) is 11.8 Å². The van der Waals surface area contributed by atoms with Crippen LogP contribution in [-0.2, 0) is 41.1 Å². The average Bonchev–Trinajstić information content (AvgIpc) is 3.34. The fourth-order valence-electron chi connectivity index (χ4n) is 6.17. The third-order valence-corrected chi connectivity index (χ3v) is 10.0. The van der Waals surface area contributed by atoms with Gasteiger partial charge in [0.25, 0.3) is 0 Å². The molecule has 0 aliphatic carbocycles. The summed E-state index contributed by atoms with van der Waals surface area (Å²) >= 11 is 0. The number of hydrogen-bond acceptors (Lipinski definition) is 8. The number of anilines is 1. The van der Waals surface area contributed by atoms with Crippen LogP contribution in [0.2, 0.25) is 0 Å². The summed E-state index contributed by atoms with van der Waals surface area (Å²) in [7, 11) is -3.15. The second-order valence-corrected chi connectivity index (χ2v) is 15.5. The first kappa shape index (κ1) is 36.5. The molecule has 1 spiro atoms. The van der Waals surface area contributed by atoms with Crippen molar-refractivity contribution in [1.29, 1.82) is 0 Å². The third kappa shape index (κ3) is 8.77. The smallest absolute Gasteiger partial charge is 0.422 e. The molecule has 4 amide bonds. The van der Waals surface area contributed by atoms with Crippen molar-refractivity contribution in [1.82, 2.24) is 20.3 Å². The minimum Gasteiger partial charge on any atom is -0.452 e. The van der Waals surface area contributed by atoms with E-state index < -0.39 is 50.9 Å². The van der Waals surface area contributed by atoms with E-state index in [9.17, 15) is 27.6 Å². The van der Waals surface area contributed by atoms with Crippen molar-refractivity contribution >= 4 is 39.9 Å². The van der Waals surface area contributed by atoms with Gasteiger partial charge in [-0.15, -0.1) is 0 Å². The van der Waals surface area contributed by atoms with E-state index in [0.29, 0.717) is 50.9 Å². The minimum atomic E-state index is -4.24. The molecular weight excluding hydrogens is 638 g/mol. The standard InChI is InChI=1S/C34H47N5O8S/c1-32(2,3)47-30(42)36-33(4,5)29(41)35-26(17-12-15-24-13-8-7-9-14-24)28(40)38-21-19-34(20-22-38)23-39(27-18-11-10-16-25(27)34)48(44,45)37-31(43)46-6/h7-11,13-14,16,18,26H,12,15,17,19-23H2,1-6H3,(H,35,41)(H,36,42)(H,37,43)/t26-/m1/s1. The number of rotatable bonds is 10. The predicted octanol–water partition coefficient (Wildman–Crippen LogP) is 3.78. The lowest BCUT2D eigenvalue weighted by Crippen LogP contribution is -2.60. The van der Waals surface area contributed by atoms with Crippen LogP contribution >= 0.6 is 0 Å². The number of likely N-dealkylation sites (tertiary alicyclic amines) is 1. The van der Waals surface area contributed by atoms with Crippen molar-refractivity contribution in [3.05, 3.63) is 65.7 Å². The number of nitrogens with one attached hydrogen (secondary N) is 3. The largest absolute Gasteiger partial charge is 0.452 e. The molecule has 0 radical (unpaired) electrons. The average molecular weight is 686 g/mol. The first-order valence-corrected chi connectivity index (χ1v) is 17.5. The van der Waals surface area contributed by atoms with Gasteiger partial charge >= 0.3 is 22.4 Å². The number of methoxy groups -OCH3 is 1. The molecule has 2 heterocycles. The zero-order valence-electron chi connectivity index (χ0n) is 28.5. The van der Waals surface area contributed by atoms with E-state index in [1.807, 2.05) is 47.2 Å². The van der Waals surface area contributed by atoms with Gasteiger partial charge in [0, 0.05) is 25.0 Å². The SMILES string of the molecule is COC(=O)NS(=O)(=O)N1CC2(CCN(C(=O)[C@@H](CCCc3ccccc3)NC(=O)C(C)(C)NC(=O)OC(C)(C)C)CC2)c2ccccc21. The second kappa shape index (κ2) is 14.4. The van der Waals surface area contributed by atoms with Crippen LogP contribution in [0, 0.1) is 0 Å². The zero-order valence-corrected chi connectivity index (χ0v) is 29.3. The molecule has 2 aromatic carbocycles. The highest BCUT2D eigenvalue weighted by atomic mass is 32.2. The first-order valence-electron chi connectivity index (χ1n) is 16.1. The molecule has 262 valence electrons. The summed E-state index contributed by atoms with van der Waals surface area (Å²) in [4.78, 5) is 53.6. The van der Waals surface area contributed by atoms with Gasteiger partial charge in [-0.25, -0.2) is 14.3 Å². The Hall–Kier alpha value is -4.33. The molecule has 13 nitrogen and oxygen atoms in total. The molecular formula is C34H47N5O8S. The Kier molecular flexibility index (Phi) is 11.0. The molecule has 0 saturated carbocycles. The molecule has 14 heteroatoms. The van der Waals surface area contributed by atoms with Crippen LogP contribution in [0.15, 0.2) is 54.6 Å². The van der Waals surface area contributed by atoms with Crippen LogP contribution < -0.4 is 19.7 Å². The summed E-state index contributed by atoms with van der Waals surface area (Å²) in [5.74, 6) is -0.772. The molecule has 2 aromatic rings. The molecule has 3 N–H and O–H groups in total. The van der Waals surface area contributed by atoms with Gasteiger partial charge in [-0.3, -0.25) is 13.9 Å². The van der Waals surface area contributed by atoms with Crippen LogP contribution in [0.25, 0.3) is 0 Å². The van der Waals surface area contributed by atoms with E-state index >= 15 is 0 Å². The molecule has 1 saturated heterocycles. The Labute approximate surface area is 282 Å². The number of piperidine rings is 1. The van der Waals surface area contributed by atoms with E-state index in [1.165, 1.54) is 4.31 Å². The van der Waals surface area contributed by atoms with Gasteiger partial charge in [0.05, 0.1) is 12.8 Å². The molecule has 0 bridgehead atoms. The fraction of sp³-hybridized carbons (Fsp3) is 0.529. The summed E-state index contributed by atoms with van der Waals surface area (Å²) in [6.07, 6.45) is 0.823. The number of para-hydroxylation sites is 1. The van der Waals surface area contributed by atoms with Crippen molar-refractivity contribution < 1.29 is 37.1 Å². The number of fused-ring (bicyclic) bond motifs is 2. The Morgan fingerprint density at radius 2 is 1.54 bits per heavy atom. The van der Waals surface area contributed by atoms with Gasteiger partial charge in [-0.05, 0) is 83.9 Å². The molecule has 48 heavy (non-hydrogen) atoms. The number of aryl methyl sites for hydroxylation is 1. The van der Waals surface area contributed by atoms with Crippen molar-refractivity contribution in [3.8, 4) is 0 Å². The van der Waals surface area contributed by atoms with E-state index in [1.54, 1.807) is 51.7 Å². The highest BCUT2D eigenvalue weighted by Gasteiger charge is 2.49. The number of carbonyl (C=O) groups excluding carboxylic acids is 4. The molecule has 2 aliphatic rings. The summed E-state index contributed by atoms with van der Waals surface area (Å²) in [6.45, 7) is 9.04. The number of nitrogens with zero attached hydrogens (tertiary/aromatic N) is 2. The van der Waals surface area contributed by atoms with Crippen LogP contribution in [0.3, 0.4) is 0 Å². The quantitative estimate of drug-likeness (QED) is 0.340. The Morgan fingerprint density at radius 1 is 0.917 bits per heavy atom. The van der Waals surface area contributed by atoms with Crippen LogP contribution in [0.4, 0.5) is 15.3 Å². The van der Waals surface area contributed by atoms with Gasteiger partial charge in [0.1, 0.15) is 17.2 Å². The number of amides is 4. The van der Waals surface area contributed by atoms with Crippen molar-refractivity contribution in [2.24, 2.45) is 0 Å². The molecule has 1 atom stereocenters. The Morgan fingerprint density at radius 3 is 2.17 bits per heavy atom. The van der Waals surface area contributed by atoms with E-state index in [0.717, 1.165) is 18.2 Å². The minimum absolute atomic E-state index is 0.0997. The number of hydrogen-bond donors (Lipinski definition) is 3. The molecule has 1 fully saturated rings. The summed E-state index contributed by atoms with van der Waals surface area (Å²) in [6, 6.07) is 16.2. The van der Waals surface area contributed by atoms with Crippen LogP contribution in [0.5, 0.6) is 0 Å². The van der Waals surface area contributed by atoms with Crippen molar-refractivity contribution in [3.63, 3.8) is 0 Å². The zero-order chi connectivity index (χ0) is 35.3. The third-order valence-electron chi connectivity index (χ3n) is 8.70. The summed E-state index contributed by atoms with van der Waals surface area (Å²) < 4.78 is 39.3. The van der Waals surface area contributed by atoms with Crippen LogP contribution in [0.1, 0.15) is 71.4 Å². The number of carbonyl (C=O) groups is 4. The topological polar surface area (TPSA) is 163 Å². The fourth-order valence-corrected chi connectivity index (χ4v) is 7.41. The second-order valence-electron chi connectivity index (χ2n) is 13.9. The predicted molar refractivity (Wildman–Crippen MR) is 180 cm³/mol. The molecule has 2 aliphatic heterocycles. The summed E-state index contributed by atoms with van der Waals surface area (Å²) in [5.41, 5.74) is -0.286. The normalized spacial score (nSPS) is 16.5. The number of benzene rings is 2. The van der Waals surface area contributed by atoms with Crippen LogP contribution in [-0.4, -0.2) is 81.2 Å². The van der Waals surface area contributed by atoms with Gasteiger partial charge < -0.3 is 25.0 Å². The maximum atomic E-state index is 14.1. The van der Waals surface area contributed by atoms with Gasteiger partial charge in [-0.1, -0.05) is 48.5 Å². The maximum Gasteiger partial charge on any atom is 0.422 e. The van der Waals surface area contributed by atoms with E-state index in [2.05, 4.69) is 15.4 Å². The van der Waals surface area contributed by atoms with Crippen molar-refractivity contribution in [2.45, 2.75) is 89.3 Å². The highest BCUT2D eigenvalue weighted by Crippen LogP contribution is 2.47. The van der Waals surface area contributed by atoms with E-state index in [4.69, 9.17) is 4.74 Å². The maximum absolute atomic E-state index is 14.1. The number of alkyl carbamates (subject to hydrolysis) is 1. The van der Waals surface area contributed by atoms with Gasteiger partial charge in [0.15, 0.2) is 0 Å². The van der Waals surface area contributed by atoms with Crippen molar-refractivity contribution in [2.75, 3.05) is 31.0 Å². The molecule has 0 unspecified atom stereocenters. The lowest BCUT2D eigenvalue weighted by atomic mass is 9.74. The van der Waals surface area contributed by atoms with Gasteiger partial charge in [-0.2, -0.15) is 8.42 Å². The number of ether oxygens (including phenoxy) is 2.